The SMILES string of the molecule is Clc1cccc(Cl)c1COCCCNCc1ccccc1. The fourth-order valence-electron chi connectivity index (χ4n) is 1.97. The predicted molar refractivity (Wildman–Crippen MR) is 88.9 cm³/mol. The van der Waals surface area contributed by atoms with Gasteiger partial charge in [0.2, 0.25) is 0 Å². The normalized spacial score (nSPS) is 10.8. The molecule has 1 N–H and O–H groups in total. The van der Waals surface area contributed by atoms with Gasteiger partial charge in [0.15, 0.2) is 0 Å². The zero-order valence-corrected chi connectivity index (χ0v) is 13.3. The number of nitrogens with one attached hydrogen (secondary N) is 1. The fraction of sp³-hybridized carbons (Fsp3) is 0.294. The lowest BCUT2D eigenvalue weighted by atomic mass is 10.2. The van der Waals surface area contributed by atoms with Gasteiger partial charge in [-0.15, -0.1) is 0 Å². The topological polar surface area (TPSA) is 21.3 Å². The van der Waals surface area contributed by atoms with E-state index in [1.807, 2.05) is 36.4 Å². The third-order valence-electron chi connectivity index (χ3n) is 3.12. The largest absolute Gasteiger partial charge is 0.377 e. The number of benzene rings is 2. The van der Waals surface area contributed by atoms with Crippen LogP contribution in [0.4, 0.5) is 0 Å². The van der Waals surface area contributed by atoms with Gasteiger partial charge in [-0.2, -0.15) is 0 Å². The molecule has 2 nitrogen and oxygen atoms in total. The Hall–Kier alpha value is -1.06. The summed E-state index contributed by atoms with van der Waals surface area (Å²) < 4.78 is 5.62. The maximum Gasteiger partial charge on any atom is 0.0746 e. The van der Waals surface area contributed by atoms with Crippen LogP contribution in [0.1, 0.15) is 17.5 Å². The Labute approximate surface area is 136 Å². The number of hydrogen-bond acceptors (Lipinski definition) is 2. The van der Waals surface area contributed by atoms with Crippen molar-refractivity contribution >= 4 is 23.2 Å². The van der Waals surface area contributed by atoms with E-state index in [2.05, 4.69) is 17.4 Å². The van der Waals surface area contributed by atoms with Gasteiger partial charge in [-0.25, -0.2) is 0 Å². The Morgan fingerprint density at radius 1 is 0.905 bits per heavy atom. The maximum atomic E-state index is 6.08. The van der Waals surface area contributed by atoms with Gasteiger partial charge >= 0.3 is 0 Å². The zero-order valence-electron chi connectivity index (χ0n) is 11.8. The van der Waals surface area contributed by atoms with Crippen molar-refractivity contribution in [3.05, 3.63) is 69.7 Å². The summed E-state index contributed by atoms with van der Waals surface area (Å²) in [5, 5.41) is 4.71. The molecule has 0 unspecified atom stereocenters. The highest BCUT2D eigenvalue weighted by atomic mass is 35.5. The summed E-state index contributed by atoms with van der Waals surface area (Å²) in [6.07, 6.45) is 0.953. The van der Waals surface area contributed by atoms with Crippen molar-refractivity contribution in [1.29, 1.82) is 0 Å². The van der Waals surface area contributed by atoms with E-state index in [0.717, 1.165) is 25.1 Å². The number of ether oxygens (including phenoxy) is 1. The van der Waals surface area contributed by atoms with Crippen LogP contribution in [0.25, 0.3) is 0 Å². The van der Waals surface area contributed by atoms with Crippen LogP contribution in [0, 0.1) is 0 Å². The molecule has 4 heteroatoms. The maximum absolute atomic E-state index is 6.08. The summed E-state index contributed by atoms with van der Waals surface area (Å²) in [4.78, 5) is 0. The molecule has 2 aromatic rings. The summed E-state index contributed by atoms with van der Waals surface area (Å²) in [6.45, 7) is 2.95. The molecule has 0 radical (unpaired) electrons. The molecule has 0 bridgehead atoms. The van der Waals surface area contributed by atoms with Crippen molar-refractivity contribution < 1.29 is 4.74 Å². The van der Waals surface area contributed by atoms with Gasteiger partial charge in [-0.3, -0.25) is 0 Å². The van der Waals surface area contributed by atoms with Crippen LogP contribution in [0.5, 0.6) is 0 Å². The molecule has 21 heavy (non-hydrogen) atoms. The second kappa shape index (κ2) is 9.06. The van der Waals surface area contributed by atoms with Crippen molar-refractivity contribution in [3.63, 3.8) is 0 Å². The Bertz CT molecular complexity index is 525. The first kappa shape index (κ1) is 16.3. The average molecular weight is 324 g/mol. The van der Waals surface area contributed by atoms with Gasteiger partial charge in [0.05, 0.1) is 6.61 Å². The van der Waals surface area contributed by atoms with Crippen LogP contribution < -0.4 is 5.32 Å². The third-order valence-corrected chi connectivity index (χ3v) is 3.83. The zero-order chi connectivity index (χ0) is 14.9. The second-order valence-electron chi connectivity index (χ2n) is 4.77. The quantitative estimate of drug-likeness (QED) is 0.711. The van der Waals surface area contributed by atoms with Crippen molar-refractivity contribution in [3.8, 4) is 0 Å². The van der Waals surface area contributed by atoms with Gasteiger partial charge < -0.3 is 10.1 Å². The summed E-state index contributed by atoms with van der Waals surface area (Å²) in [6, 6.07) is 15.8. The number of halogens is 2. The lowest BCUT2D eigenvalue weighted by Crippen LogP contribution is -2.16. The van der Waals surface area contributed by atoms with E-state index in [-0.39, 0.29) is 0 Å². The monoisotopic (exact) mass is 323 g/mol. The molecule has 112 valence electrons. The molecule has 2 rings (SSSR count). The molecule has 2 aromatic carbocycles. The Morgan fingerprint density at radius 2 is 1.62 bits per heavy atom. The summed E-state index contributed by atoms with van der Waals surface area (Å²) >= 11 is 12.2. The first-order valence-electron chi connectivity index (χ1n) is 7.02. The van der Waals surface area contributed by atoms with E-state index in [1.54, 1.807) is 0 Å². The molecule has 0 amide bonds. The van der Waals surface area contributed by atoms with Crippen LogP contribution in [0.15, 0.2) is 48.5 Å². The first-order valence-corrected chi connectivity index (χ1v) is 7.78. The van der Waals surface area contributed by atoms with E-state index < -0.39 is 0 Å². The van der Waals surface area contributed by atoms with E-state index in [0.29, 0.717) is 23.3 Å². The summed E-state index contributed by atoms with van der Waals surface area (Å²) in [5.74, 6) is 0. The molecule has 0 aliphatic carbocycles. The van der Waals surface area contributed by atoms with Crippen molar-refractivity contribution in [2.75, 3.05) is 13.2 Å². The average Bonchev–Trinajstić information content (AvgIpc) is 2.50. The van der Waals surface area contributed by atoms with E-state index in [1.165, 1.54) is 5.56 Å². The minimum Gasteiger partial charge on any atom is -0.377 e. The molecule has 0 aliphatic rings. The number of rotatable bonds is 8. The van der Waals surface area contributed by atoms with Crippen LogP contribution in [0.2, 0.25) is 10.0 Å². The number of hydrogen-bond donors (Lipinski definition) is 1. The highest BCUT2D eigenvalue weighted by molar-refractivity contribution is 6.35. The molecule has 0 aromatic heterocycles. The highest BCUT2D eigenvalue weighted by Gasteiger charge is 2.04. The smallest absolute Gasteiger partial charge is 0.0746 e. The van der Waals surface area contributed by atoms with E-state index in [4.69, 9.17) is 27.9 Å². The van der Waals surface area contributed by atoms with Crippen molar-refractivity contribution in [2.24, 2.45) is 0 Å². The molecule has 0 saturated heterocycles. The lowest BCUT2D eigenvalue weighted by Gasteiger charge is -2.08. The minimum absolute atomic E-state index is 0.456. The van der Waals surface area contributed by atoms with Crippen LogP contribution in [-0.2, 0) is 17.9 Å². The summed E-state index contributed by atoms with van der Waals surface area (Å²) in [5.41, 5.74) is 2.15. The van der Waals surface area contributed by atoms with E-state index >= 15 is 0 Å². The minimum atomic E-state index is 0.456. The Kier molecular flexibility index (Phi) is 7.04. The fourth-order valence-corrected chi connectivity index (χ4v) is 2.48. The van der Waals surface area contributed by atoms with Crippen molar-refractivity contribution in [2.45, 2.75) is 19.6 Å². The first-order chi connectivity index (χ1) is 10.3. The molecule has 0 saturated carbocycles. The highest BCUT2D eigenvalue weighted by Crippen LogP contribution is 2.24. The molecule has 0 aliphatic heterocycles. The molecular weight excluding hydrogens is 305 g/mol. The molecular formula is C17H19Cl2NO. The standard InChI is InChI=1S/C17H19Cl2NO/c18-16-8-4-9-17(19)15(16)13-21-11-5-10-20-12-14-6-2-1-3-7-14/h1-4,6-9,20H,5,10-13H2. The molecule has 0 heterocycles. The van der Waals surface area contributed by atoms with Gasteiger partial charge in [-0.05, 0) is 30.7 Å². The van der Waals surface area contributed by atoms with Crippen molar-refractivity contribution in [1.82, 2.24) is 5.32 Å². The molecule has 0 fully saturated rings. The lowest BCUT2D eigenvalue weighted by molar-refractivity contribution is 0.118. The Morgan fingerprint density at radius 3 is 2.33 bits per heavy atom. The molecule has 0 atom stereocenters. The van der Waals surface area contributed by atoms with Crippen LogP contribution >= 0.6 is 23.2 Å². The summed E-state index contributed by atoms with van der Waals surface area (Å²) in [7, 11) is 0. The van der Waals surface area contributed by atoms with E-state index in [9.17, 15) is 0 Å². The third kappa shape index (κ3) is 5.68. The van der Waals surface area contributed by atoms with Crippen LogP contribution in [0.3, 0.4) is 0 Å². The van der Waals surface area contributed by atoms with Gasteiger partial charge in [0, 0.05) is 28.8 Å². The predicted octanol–water partition coefficient (Wildman–Crippen LogP) is 4.69. The Balaban J connectivity index is 1.58. The van der Waals surface area contributed by atoms with Crippen LogP contribution in [-0.4, -0.2) is 13.2 Å². The second-order valence-corrected chi connectivity index (χ2v) is 5.58. The molecule has 0 spiro atoms. The van der Waals surface area contributed by atoms with Gasteiger partial charge in [0.25, 0.3) is 0 Å². The van der Waals surface area contributed by atoms with Gasteiger partial charge in [0.1, 0.15) is 0 Å². The van der Waals surface area contributed by atoms with Gasteiger partial charge in [-0.1, -0.05) is 59.6 Å².